The Morgan fingerprint density at radius 3 is 2.20 bits per heavy atom. The Morgan fingerprint density at radius 1 is 0.960 bits per heavy atom. The molecule has 0 saturated heterocycles. The highest BCUT2D eigenvalue weighted by Crippen LogP contribution is 2.24. The third kappa shape index (κ3) is 3.56. The van der Waals surface area contributed by atoms with E-state index < -0.39 is 23.4 Å². The van der Waals surface area contributed by atoms with Gasteiger partial charge >= 0.3 is 0 Å². The van der Waals surface area contributed by atoms with E-state index in [0.29, 0.717) is 16.8 Å². The van der Waals surface area contributed by atoms with Crippen molar-refractivity contribution in [3.8, 4) is 11.1 Å². The number of imide groups is 1. The van der Waals surface area contributed by atoms with Crippen LogP contribution in [0.15, 0.2) is 54.2 Å². The number of benzene rings is 2. The number of hydrogen-bond acceptors (Lipinski definition) is 4. The molecule has 2 aromatic carbocycles. The number of hydrogen-bond donors (Lipinski definition) is 2. The second-order valence-electron chi connectivity index (χ2n) is 5.44. The molecular formula is C18H14F2N2O3. The summed E-state index contributed by atoms with van der Waals surface area (Å²) in [7, 11) is 0. The SMILES string of the molecule is O=C1C=C(Nc2ccc(-c3cc(F)cc(F)c3)cc2)C(=O)N1CCO. The van der Waals surface area contributed by atoms with Crippen molar-refractivity contribution in [2.75, 3.05) is 18.5 Å². The lowest BCUT2D eigenvalue weighted by Gasteiger charge is -2.13. The lowest BCUT2D eigenvalue weighted by atomic mass is 10.1. The number of anilines is 1. The molecule has 2 amide bonds. The van der Waals surface area contributed by atoms with Crippen LogP contribution >= 0.6 is 0 Å². The molecule has 0 aliphatic carbocycles. The van der Waals surface area contributed by atoms with Gasteiger partial charge in [0, 0.05) is 17.8 Å². The van der Waals surface area contributed by atoms with Gasteiger partial charge < -0.3 is 10.4 Å². The summed E-state index contributed by atoms with van der Waals surface area (Å²) in [4.78, 5) is 24.7. The van der Waals surface area contributed by atoms with Crippen molar-refractivity contribution < 1.29 is 23.5 Å². The van der Waals surface area contributed by atoms with Gasteiger partial charge in [0.05, 0.1) is 13.2 Å². The zero-order chi connectivity index (χ0) is 18.0. The highest BCUT2D eigenvalue weighted by molar-refractivity contribution is 6.17. The van der Waals surface area contributed by atoms with Gasteiger partial charge in [-0.05, 0) is 35.4 Å². The predicted molar refractivity (Wildman–Crippen MR) is 87.3 cm³/mol. The maximum atomic E-state index is 13.3. The van der Waals surface area contributed by atoms with Crippen molar-refractivity contribution in [1.29, 1.82) is 0 Å². The number of carbonyl (C=O) groups is 2. The number of aliphatic hydroxyl groups excluding tert-OH is 1. The molecule has 0 saturated carbocycles. The quantitative estimate of drug-likeness (QED) is 0.817. The van der Waals surface area contributed by atoms with Crippen LogP contribution in [0, 0.1) is 11.6 Å². The highest BCUT2D eigenvalue weighted by Gasteiger charge is 2.30. The maximum absolute atomic E-state index is 13.3. The number of amides is 2. The van der Waals surface area contributed by atoms with E-state index in [0.717, 1.165) is 17.0 Å². The zero-order valence-electron chi connectivity index (χ0n) is 13.0. The van der Waals surface area contributed by atoms with Crippen molar-refractivity contribution in [2.24, 2.45) is 0 Å². The molecule has 2 aromatic rings. The van der Waals surface area contributed by atoms with E-state index in [4.69, 9.17) is 5.11 Å². The van der Waals surface area contributed by atoms with Crippen molar-refractivity contribution in [3.05, 3.63) is 65.9 Å². The summed E-state index contributed by atoms with van der Waals surface area (Å²) >= 11 is 0. The van der Waals surface area contributed by atoms with Crippen LogP contribution in [0.25, 0.3) is 11.1 Å². The van der Waals surface area contributed by atoms with Gasteiger partial charge in [-0.25, -0.2) is 8.78 Å². The first kappa shape index (κ1) is 16.8. The minimum Gasteiger partial charge on any atom is -0.395 e. The smallest absolute Gasteiger partial charge is 0.277 e. The van der Waals surface area contributed by atoms with Crippen LogP contribution in [0.3, 0.4) is 0 Å². The number of β-amino-alcohol motifs (C(OH)–C–C–N with tert-alkyl or cyclic N) is 1. The third-order valence-corrected chi connectivity index (χ3v) is 3.69. The predicted octanol–water partition coefficient (Wildman–Crippen LogP) is 2.29. The fraction of sp³-hybridized carbons (Fsp3) is 0.111. The van der Waals surface area contributed by atoms with E-state index in [1.165, 1.54) is 12.1 Å². The van der Waals surface area contributed by atoms with Crippen LogP contribution in [0.5, 0.6) is 0 Å². The van der Waals surface area contributed by atoms with Crippen molar-refractivity contribution in [1.82, 2.24) is 4.90 Å². The number of aliphatic hydroxyl groups is 1. The second-order valence-corrected chi connectivity index (χ2v) is 5.44. The zero-order valence-corrected chi connectivity index (χ0v) is 13.0. The molecule has 0 spiro atoms. The second kappa shape index (κ2) is 6.82. The molecule has 128 valence electrons. The molecule has 25 heavy (non-hydrogen) atoms. The Kier molecular flexibility index (Phi) is 4.58. The molecule has 3 rings (SSSR count). The van der Waals surface area contributed by atoms with E-state index in [1.54, 1.807) is 24.3 Å². The van der Waals surface area contributed by atoms with E-state index >= 15 is 0 Å². The molecule has 0 radical (unpaired) electrons. The third-order valence-electron chi connectivity index (χ3n) is 3.69. The summed E-state index contributed by atoms with van der Waals surface area (Å²) in [5, 5.41) is 11.7. The molecule has 0 bridgehead atoms. The summed E-state index contributed by atoms with van der Waals surface area (Å²) in [5.41, 5.74) is 1.64. The van der Waals surface area contributed by atoms with Crippen LogP contribution in [0.2, 0.25) is 0 Å². The van der Waals surface area contributed by atoms with Gasteiger partial charge in [-0.1, -0.05) is 12.1 Å². The number of carbonyl (C=O) groups excluding carboxylic acids is 2. The average Bonchev–Trinajstić information content (AvgIpc) is 2.82. The standard InChI is InChI=1S/C18H14F2N2O3/c19-13-7-12(8-14(20)9-13)11-1-3-15(4-2-11)21-16-10-17(24)22(5-6-23)18(16)25/h1-4,7-10,21,23H,5-6H2. The van der Waals surface area contributed by atoms with Gasteiger partial charge in [0.2, 0.25) is 0 Å². The number of rotatable bonds is 5. The van der Waals surface area contributed by atoms with E-state index in [9.17, 15) is 18.4 Å². The largest absolute Gasteiger partial charge is 0.395 e. The first-order chi connectivity index (χ1) is 12.0. The van der Waals surface area contributed by atoms with Crippen molar-refractivity contribution >= 4 is 17.5 Å². The minimum absolute atomic E-state index is 0.0661. The summed E-state index contributed by atoms with van der Waals surface area (Å²) in [5.74, 6) is -2.34. The molecule has 1 aliphatic rings. The molecule has 0 fully saturated rings. The first-order valence-electron chi connectivity index (χ1n) is 7.50. The molecule has 7 heteroatoms. The van der Waals surface area contributed by atoms with Crippen molar-refractivity contribution in [3.63, 3.8) is 0 Å². The normalized spacial score (nSPS) is 14.0. The monoisotopic (exact) mass is 344 g/mol. The van der Waals surface area contributed by atoms with Gasteiger partial charge in [-0.2, -0.15) is 0 Å². The van der Waals surface area contributed by atoms with Crippen LogP contribution in [-0.2, 0) is 9.59 Å². The number of nitrogens with zero attached hydrogens (tertiary/aromatic N) is 1. The maximum Gasteiger partial charge on any atom is 0.277 e. The van der Waals surface area contributed by atoms with E-state index in [-0.39, 0.29) is 18.8 Å². The Labute approximate surface area is 142 Å². The van der Waals surface area contributed by atoms with Crippen LogP contribution < -0.4 is 5.32 Å². The minimum atomic E-state index is -0.665. The summed E-state index contributed by atoms with van der Waals surface area (Å²) in [6.45, 7) is -0.374. The molecule has 0 unspecified atom stereocenters. The van der Waals surface area contributed by atoms with Crippen molar-refractivity contribution in [2.45, 2.75) is 0 Å². The molecule has 0 aromatic heterocycles. The molecule has 5 nitrogen and oxygen atoms in total. The molecule has 0 atom stereocenters. The molecular weight excluding hydrogens is 330 g/mol. The summed E-state index contributed by atoms with van der Waals surface area (Å²) < 4.78 is 26.6. The van der Waals surface area contributed by atoms with Gasteiger partial charge in [0.1, 0.15) is 17.3 Å². The Bertz CT molecular complexity index is 843. The van der Waals surface area contributed by atoms with E-state index in [1.807, 2.05) is 0 Å². The lowest BCUT2D eigenvalue weighted by molar-refractivity contribution is -0.137. The molecule has 1 heterocycles. The number of nitrogens with one attached hydrogen (secondary N) is 1. The van der Waals surface area contributed by atoms with Gasteiger partial charge in [0.25, 0.3) is 11.8 Å². The fourth-order valence-corrected chi connectivity index (χ4v) is 2.53. The van der Waals surface area contributed by atoms with Gasteiger partial charge in [-0.3, -0.25) is 14.5 Å². The highest BCUT2D eigenvalue weighted by atomic mass is 19.1. The Balaban J connectivity index is 1.76. The number of halogens is 2. The average molecular weight is 344 g/mol. The first-order valence-corrected chi connectivity index (χ1v) is 7.50. The van der Waals surface area contributed by atoms with Crippen LogP contribution in [0.1, 0.15) is 0 Å². The van der Waals surface area contributed by atoms with Crippen LogP contribution in [-0.4, -0.2) is 35.0 Å². The lowest BCUT2D eigenvalue weighted by Crippen LogP contribution is -2.34. The fourth-order valence-electron chi connectivity index (χ4n) is 2.53. The summed E-state index contributed by atoms with van der Waals surface area (Å²) in [6, 6.07) is 9.79. The van der Waals surface area contributed by atoms with Crippen LogP contribution in [0.4, 0.5) is 14.5 Å². The molecule has 2 N–H and O–H groups in total. The molecule has 1 aliphatic heterocycles. The Hall–Kier alpha value is -3.06. The summed E-state index contributed by atoms with van der Waals surface area (Å²) in [6.07, 6.45) is 1.16. The van der Waals surface area contributed by atoms with Gasteiger partial charge in [0.15, 0.2) is 0 Å². The van der Waals surface area contributed by atoms with Gasteiger partial charge in [-0.15, -0.1) is 0 Å². The van der Waals surface area contributed by atoms with E-state index in [2.05, 4.69) is 5.32 Å². The topological polar surface area (TPSA) is 69.6 Å². The Morgan fingerprint density at radius 2 is 1.60 bits per heavy atom.